The highest BCUT2D eigenvalue weighted by Gasteiger charge is 2.16. The fourth-order valence-corrected chi connectivity index (χ4v) is 2.21. The van der Waals surface area contributed by atoms with Gasteiger partial charge < -0.3 is 9.47 Å². The van der Waals surface area contributed by atoms with Crippen molar-refractivity contribution in [3.63, 3.8) is 0 Å². The van der Waals surface area contributed by atoms with E-state index < -0.39 is 0 Å². The number of hydrogen-bond donors (Lipinski definition) is 1. The number of amides is 1. The lowest BCUT2D eigenvalue weighted by molar-refractivity contribution is 0.0954. The molecule has 0 atom stereocenters. The third-order valence-corrected chi connectivity index (χ3v) is 3.44. The van der Waals surface area contributed by atoms with Crippen LogP contribution >= 0.6 is 11.6 Å². The highest BCUT2D eigenvalue weighted by atomic mass is 35.5. The summed E-state index contributed by atoms with van der Waals surface area (Å²) >= 11 is 5.93. The Morgan fingerprint density at radius 1 is 1.14 bits per heavy atom. The van der Waals surface area contributed by atoms with Crippen LogP contribution in [0.4, 0.5) is 0 Å². The van der Waals surface area contributed by atoms with Crippen molar-refractivity contribution in [3.8, 4) is 11.5 Å². The van der Waals surface area contributed by atoms with Crippen molar-refractivity contribution in [1.29, 1.82) is 0 Å². The molecule has 2 aromatic carbocycles. The second-order valence-electron chi connectivity index (χ2n) is 4.72. The molecule has 0 aliphatic carbocycles. The van der Waals surface area contributed by atoms with Crippen LogP contribution < -0.4 is 14.9 Å². The molecule has 0 saturated heterocycles. The molecule has 0 bridgehead atoms. The van der Waals surface area contributed by atoms with E-state index in [0.29, 0.717) is 27.8 Å². The first-order valence-electron chi connectivity index (χ1n) is 6.64. The Kier molecular flexibility index (Phi) is 3.98. The third-order valence-electron chi connectivity index (χ3n) is 3.20. The van der Waals surface area contributed by atoms with Gasteiger partial charge in [-0.1, -0.05) is 23.7 Å². The first kappa shape index (κ1) is 14.4. The van der Waals surface area contributed by atoms with Crippen LogP contribution in [0.15, 0.2) is 47.6 Å². The molecule has 1 N–H and O–H groups in total. The lowest BCUT2D eigenvalue weighted by Crippen LogP contribution is -2.19. The van der Waals surface area contributed by atoms with Crippen LogP contribution in [0, 0.1) is 0 Å². The summed E-state index contributed by atoms with van der Waals surface area (Å²) in [5.41, 5.74) is 4.48. The minimum absolute atomic E-state index is 0.173. The summed E-state index contributed by atoms with van der Waals surface area (Å²) in [6.45, 7) is 1.97. The lowest BCUT2D eigenvalue weighted by atomic mass is 10.1. The van der Waals surface area contributed by atoms with Gasteiger partial charge in [0.15, 0.2) is 11.5 Å². The average molecular weight is 317 g/mol. The first-order valence-corrected chi connectivity index (χ1v) is 7.01. The van der Waals surface area contributed by atoms with E-state index in [1.165, 1.54) is 0 Å². The van der Waals surface area contributed by atoms with Gasteiger partial charge in [0.05, 0.1) is 5.71 Å². The number of ether oxygens (including phenoxy) is 2. The number of hydrogen-bond acceptors (Lipinski definition) is 4. The standard InChI is InChI=1S/C16H13ClN2O3/c1-10(11-3-2-4-13(17)7-11)18-19-16(20)12-5-6-14-15(8-12)22-9-21-14/h2-8H,9H2,1H3,(H,19,20)/b18-10-. The van der Waals surface area contributed by atoms with Crippen molar-refractivity contribution in [2.75, 3.05) is 6.79 Å². The zero-order valence-corrected chi connectivity index (χ0v) is 12.6. The highest BCUT2D eigenvalue weighted by molar-refractivity contribution is 6.31. The van der Waals surface area contributed by atoms with Gasteiger partial charge >= 0.3 is 0 Å². The molecule has 0 aromatic heterocycles. The number of rotatable bonds is 3. The van der Waals surface area contributed by atoms with Crippen molar-refractivity contribution in [3.05, 3.63) is 58.6 Å². The normalized spacial score (nSPS) is 13.1. The van der Waals surface area contributed by atoms with Gasteiger partial charge in [-0.2, -0.15) is 5.10 Å². The minimum atomic E-state index is -0.320. The summed E-state index contributed by atoms with van der Waals surface area (Å²) in [5.74, 6) is 0.873. The SMILES string of the molecule is C/C(=N/NC(=O)c1ccc2c(c1)OCO2)c1cccc(Cl)c1. The second-order valence-corrected chi connectivity index (χ2v) is 5.15. The molecule has 22 heavy (non-hydrogen) atoms. The van der Waals surface area contributed by atoms with Crippen molar-refractivity contribution in [2.24, 2.45) is 5.10 Å². The van der Waals surface area contributed by atoms with Gasteiger partial charge in [0, 0.05) is 10.6 Å². The second kappa shape index (κ2) is 6.07. The van der Waals surface area contributed by atoms with Crippen molar-refractivity contribution < 1.29 is 14.3 Å². The van der Waals surface area contributed by atoms with E-state index in [4.69, 9.17) is 21.1 Å². The topological polar surface area (TPSA) is 59.9 Å². The Labute approximate surface area is 132 Å². The Balaban J connectivity index is 1.73. The van der Waals surface area contributed by atoms with Crippen LogP contribution in [0.25, 0.3) is 0 Å². The molecule has 112 valence electrons. The number of carbonyl (C=O) groups excluding carboxylic acids is 1. The molecule has 1 heterocycles. The molecular formula is C16H13ClN2O3. The quantitative estimate of drug-likeness (QED) is 0.698. The molecular weight excluding hydrogens is 304 g/mol. The Morgan fingerprint density at radius 2 is 1.95 bits per heavy atom. The molecule has 0 radical (unpaired) electrons. The number of carbonyl (C=O) groups is 1. The zero-order chi connectivity index (χ0) is 15.5. The van der Waals surface area contributed by atoms with Gasteiger partial charge in [0.25, 0.3) is 5.91 Å². The van der Waals surface area contributed by atoms with Crippen LogP contribution in [-0.4, -0.2) is 18.4 Å². The zero-order valence-electron chi connectivity index (χ0n) is 11.8. The smallest absolute Gasteiger partial charge is 0.271 e. The van der Waals surface area contributed by atoms with E-state index in [-0.39, 0.29) is 12.7 Å². The molecule has 1 amide bonds. The summed E-state index contributed by atoms with van der Waals surface area (Å²) < 4.78 is 10.5. The van der Waals surface area contributed by atoms with Gasteiger partial charge in [-0.15, -0.1) is 0 Å². The number of halogens is 1. The third kappa shape index (κ3) is 3.04. The van der Waals surface area contributed by atoms with Crippen LogP contribution in [0.2, 0.25) is 5.02 Å². The van der Waals surface area contributed by atoms with Gasteiger partial charge in [-0.25, -0.2) is 5.43 Å². The summed E-state index contributed by atoms with van der Waals surface area (Å²) in [4.78, 5) is 12.1. The number of nitrogens with one attached hydrogen (secondary N) is 1. The molecule has 1 aliphatic rings. The summed E-state index contributed by atoms with van der Waals surface area (Å²) in [6, 6.07) is 12.3. The largest absolute Gasteiger partial charge is 0.454 e. The van der Waals surface area contributed by atoms with Crippen LogP contribution in [0.1, 0.15) is 22.8 Å². The molecule has 0 saturated carbocycles. The Morgan fingerprint density at radius 3 is 2.77 bits per heavy atom. The van der Waals surface area contributed by atoms with Crippen LogP contribution in [-0.2, 0) is 0 Å². The number of nitrogens with zero attached hydrogens (tertiary/aromatic N) is 1. The molecule has 0 unspecified atom stereocenters. The van der Waals surface area contributed by atoms with Gasteiger partial charge in [0.2, 0.25) is 6.79 Å². The Hall–Kier alpha value is -2.53. The monoisotopic (exact) mass is 316 g/mol. The summed E-state index contributed by atoms with van der Waals surface area (Å²) in [6.07, 6.45) is 0. The van der Waals surface area contributed by atoms with Crippen LogP contribution in [0.5, 0.6) is 11.5 Å². The number of hydrazone groups is 1. The van der Waals surface area contributed by atoms with Crippen molar-refractivity contribution in [1.82, 2.24) is 5.43 Å². The molecule has 2 aromatic rings. The summed E-state index contributed by atoms with van der Waals surface area (Å²) in [5, 5.41) is 4.71. The van der Waals surface area contributed by atoms with Crippen molar-refractivity contribution >= 4 is 23.2 Å². The predicted octanol–water partition coefficient (Wildman–Crippen LogP) is 3.22. The molecule has 5 nitrogen and oxygen atoms in total. The lowest BCUT2D eigenvalue weighted by Gasteiger charge is -2.04. The highest BCUT2D eigenvalue weighted by Crippen LogP contribution is 2.32. The molecule has 1 aliphatic heterocycles. The van der Waals surface area contributed by atoms with Gasteiger partial charge in [-0.05, 0) is 42.8 Å². The predicted molar refractivity (Wildman–Crippen MR) is 83.7 cm³/mol. The summed E-state index contributed by atoms with van der Waals surface area (Å²) in [7, 11) is 0. The molecule has 0 fully saturated rings. The van der Waals surface area contributed by atoms with E-state index in [2.05, 4.69) is 10.5 Å². The first-order chi connectivity index (χ1) is 10.6. The average Bonchev–Trinajstić information content (AvgIpc) is 2.99. The molecule has 6 heteroatoms. The maximum Gasteiger partial charge on any atom is 0.271 e. The fraction of sp³-hybridized carbons (Fsp3) is 0.125. The Bertz CT molecular complexity index is 759. The van der Waals surface area contributed by atoms with E-state index in [1.807, 2.05) is 12.1 Å². The van der Waals surface area contributed by atoms with E-state index in [1.54, 1.807) is 37.3 Å². The van der Waals surface area contributed by atoms with E-state index in [0.717, 1.165) is 5.56 Å². The number of fused-ring (bicyclic) bond motifs is 1. The minimum Gasteiger partial charge on any atom is -0.454 e. The molecule has 3 rings (SSSR count). The maximum atomic E-state index is 12.1. The fourth-order valence-electron chi connectivity index (χ4n) is 2.02. The van der Waals surface area contributed by atoms with Crippen LogP contribution in [0.3, 0.4) is 0 Å². The van der Waals surface area contributed by atoms with E-state index in [9.17, 15) is 4.79 Å². The van der Waals surface area contributed by atoms with E-state index >= 15 is 0 Å². The molecule has 0 spiro atoms. The maximum absolute atomic E-state index is 12.1. The van der Waals surface area contributed by atoms with Gasteiger partial charge in [0.1, 0.15) is 0 Å². The van der Waals surface area contributed by atoms with Gasteiger partial charge in [-0.3, -0.25) is 4.79 Å². The van der Waals surface area contributed by atoms with Crippen molar-refractivity contribution in [2.45, 2.75) is 6.92 Å². The number of benzene rings is 2.